The Balaban J connectivity index is 1.55. The fraction of sp³-hybridized carbons (Fsp3) is 0.647. The van der Waals surface area contributed by atoms with E-state index < -0.39 is 11.0 Å². The Bertz CT molecular complexity index is 519. The van der Waals surface area contributed by atoms with Gasteiger partial charge in [-0.3, -0.25) is 0 Å². The van der Waals surface area contributed by atoms with Crippen molar-refractivity contribution >= 4 is 16.7 Å². The molecule has 0 aromatic heterocycles. The van der Waals surface area contributed by atoms with Crippen LogP contribution in [0.25, 0.3) is 0 Å². The number of rotatable bonds is 6. The zero-order valence-corrected chi connectivity index (χ0v) is 14.2. The molecule has 4 nitrogen and oxygen atoms in total. The molecule has 1 N–H and O–H groups in total. The van der Waals surface area contributed by atoms with Crippen molar-refractivity contribution in [3.8, 4) is 5.75 Å². The van der Waals surface area contributed by atoms with Gasteiger partial charge in [0.25, 0.3) is 0 Å². The normalized spacial score (nSPS) is 23.8. The van der Waals surface area contributed by atoms with Crippen LogP contribution >= 0.6 is 0 Å². The van der Waals surface area contributed by atoms with Crippen LogP contribution in [0.4, 0.5) is 5.69 Å². The minimum absolute atomic E-state index is 0.184. The summed E-state index contributed by atoms with van der Waals surface area (Å²) in [5, 5.41) is 0.288. The molecule has 0 radical (unpaired) electrons. The topological polar surface area (TPSA) is 50.9 Å². The summed E-state index contributed by atoms with van der Waals surface area (Å²) in [6, 6.07) is 7.70. The fourth-order valence-electron chi connectivity index (χ4n) is 2.89. The lowest BCUT2D eigenvalue weighted by Gasteiger charge is -2.24. The zero-order valence-electron chi connectivity index (χ0n) is 13.3. The molecule has 1 aliphatic heterocycles. The van der Waals surface area contributed by atoms with Crippen molar-refractivity contribution in [2.45, 2.75) is 62.9 Å². The standard InChI is InChI=1S/C17H25NO3S/c1-17(2,16-12-20-16)21-14-10-8-13(9-11-14)18-22(19)15-6-4-3-5-7-15/h8-11,15-16,18H,3-7,12H2,1-2H3. The van der Waals surface area contributed by atoms with Gasteiger partial charge in [-0.1, -0.05) is 19.3 Å². The molecule has 2 fully saturated rings. The summed E-state index contributed by atoms with van der Waals surface area (Å²) in [6.45, 7) is 4.84. The Morgan fingerprint density at radius 3 is 2.41 bits per heavy atom. The molecule has 22 heavy (non-hydrogen) atoms. The molecule has 1 aliphatic carbocycles. The first kappa shape index (κ1) is 15.8. The van der Waals surface area contributed by atoms with E-state index in [1.54, 1.807) is 0 Å². The number of hydrogen-bond donors (Lipinski definition) is 1. The highest BCUT2D eigenvalue weighted by Crippen LogP contribution is 2.30. The summed E-state index contributed by atoms with van der Waals surface area (Å²) >= 11 is 0. The molecule has 0 amide bonds. The zero-order chi connectivity index (χ0) is 15.6. The maximum absolute atomic E-state index is 12.3. The summed E-state index contributed by atoms with van der Waals surface area (Å²) in [7, 11) is -0.991. The van der Waals surface area contributed by atoms with Crippen LogP contribution in [-0.2, 0) is 15.7 Å². The van der Waals surface area contributed by atoms with Crippen molar-refractivity contribution in [2.75, 3.05) is 11.3 Å². The lowest BCUT2D eigenvalue weighted by molar-refractivity contribution is 0.0744. The first-order chi connectivity index (χ1) is 10.5. The van der Waals surface area contributed by atoms with Gasteiger partial charge in [-0.05, 0) is 51.0 Å². The predicted octanol–water partition coefficient (Wildman–Crippen LogP) is 3.65. The van der Waals surface area contributed by atoms with Crippen LogP contribution in [0.15, 0.2) is 24.3 Å². The van der Waals surface area contributed by atoms with Gasteiger partial charge in [-0.15, -0.1) is 0 Å². The highest BCUT2D eigenvalue weighted by Gasteiger charge is 2.41. The summed E-state index contributed by atoms with van der Waals surface area (Å²) in [5.41, 5.74) is 0.580. The monoisotopic (exact) mass is 323 g/mol. The van der Waals surface area contributed by atoms with Crippen molar-refractivity contribution in [3.63, 3.8) is 0 Å². The van der Waals surface area contributed by atoms with E-state index in [1.807, 2.05) is 38.1 Å². The third kappa shape index (κ3) is 4.02. The molecule has 2 atom stereocenters. The maximum Gasteiger partial charge on any atom is 0.132 e. The van der Waals surface area contributed by atoms with E-state index in [9.17, 15) is 4.21 Å². The number of benzene rings is 1. The van der Waals surface area contributed by atoms with Gasteiger partial charge in [0.2, 0.25) is 0 Å². The maximum atomic E-state index is 12.3. The van der Waals surface area contributed by atoms with Crippen molar-refractivity contribution in [3.05, 3.63) is 24.3 Å². The van der Waals surface area contributed by atoms with Gasteiger partial charge in [-0.25, -0.2) is 4.21 Å². The molecule has 2 unspecified atom stereocenters. The fourth-order valence-corrected chi connectivity index (χ4v) is 4.19. The van der Waals surface area contributed by atoms with Gasteiger partial charge >= 0.3 is 0 Å². The van der Waals surface area contributed by atoms with E-state index in [0.717, 1.165) is 30.9 Å². The average Bonchev–Trinajstić information content (AvgIpc) is 3.35. The molecule has 1 aromatic carbocycles. The summed E-state index contributed by atoms with van der Waals surface area (Å²) in [6.07, 6.45) is 5.99. The predicted molar refractivity (Wildman–Crippen MR) is 89.5 cm³/mol. The molecule has 2 aliphatic rings. The van der Waals surface area contributed by atoms with E-state index in [-0.39, 0.29) is 17.0 Å². The SMILES string of the molecule is CC(C)(Oc1ccc(NS(=O)C2CCCCC2)cc1)C1CO1. The minimum Gasteiger partial charge on any atom is -0.485 e. The second-order valence-electron chi connectivity index (χ2n) is 6.71. The molecule has 122 valence electrons. The minimum atomic E-state index is -0.991. The summed E-state index contributed by atoms with van der Waals surface area (Å²) in [5.74, 6) is 0.814. The van der Waals surface area contributed by atoms with Crippen molar-refractivity contribution in [2.24, 2.45) is 0 Å². The van der Waals surface area contributed by atoms with E-state index >= 15 is 0 Å². The Labute approximate surface area is 135 Å². The van der Waals surface area contributed by atoms with E-state index in [0.29, 0.717) is 0 Å². The van der Waals surface area contributed by atoms with Gasteiger partial charge in [0.1, 0.15) is 28.4 Å². The molecule has 0 bridgehead atoms. The van der Waals surface area contributed by atoms with Crippen LogP contribution in [0.5, 0.6) is 5.75 Å². The summed E-state index contributed by atoms with van der Waals surface area (Å²) < 4.78 is 26.7. The van der Waals surface area contributed by atoms with Crippen LogP contribution in [0.2, 0.25) is 0 Å². The third-order valence-corrected chi connectivity index (χ3v) is 5.93. The second-order valence-corrected chi connectivity index (χ2v) is 8.18. The van der Waals surface area contributed by atoms with Gasteiger partial charge in [0, 0.05) is 5.69 Å². The van der Waals surface area contributed by atoms with Crippen LogP contribution in [-0.4, -0.2) is 27.8 Å². The molecule has 1 saturated heterocycles. The van der Waals surface area contributed by atoms with Crippen LogP contribution in [0, 0.1) is 0 Å². The van der Waals surface area contributed by atoms with E-state index in [4.69, 9.17) is 9.47 Å². The smallest absolute Gasteiger partial charge is 0.132 e. The van der Waals surface area contributed by atoms with Crippen LogP contribution in [0.1, 0.15) is 46.0 Å². The lowest BCUT2D eigenvalue weighted by Crippen LogP contribution is -2.34. The number of nitrogens with one attached hydrogen (secondary N) is 1. The average molecular weight is 323 g/mol. The van der Waals surface area contributed by atoms with Crippen LogP contribution < -0.4 is 9.46 Å². The molecular formula is C17H25NO3S. The summed E-state index contributed by atoms with van der Waals surface area (Å²) in [4.78, 5) is 0. The lowest BCUT2D eigenvalue weighted by atomic mass is 10.0. The highest BCUT2D eigenvalue weighted by molar-refractivity contribution is 7.87. The molecule has 5 heteroatoms. The van der Waals surface area contributed by atoms with Gasteiger partial charge in [-0.2, -0.15) is 0 Å². The first-order valence-electron chi connectivity index (χ1n) is 8.12. The third-order valence-electron chi connectivity index (χ3n) is 4.42. The number of hydrogen-bond acceptors (Lipinski definition) is 3. The Morgan fingerprint density at radius 1 is 1.18 bits per heavy atom. The Kier molecular flexibility index (Phi) is 4.73. The van der Waals surface area contributed by atoms with E-state index in [2.05, 4.69) is 4.72 Å². The molecule has 3 rings (SSSR count). The highest BCUT2D eigenvalue weighted by atomic mass is 32.2. The number of anilines is 1. The molecule has 1 aromatic rings. The van der Waals surface area contributed by atoms with Gasteiger partial charge < -0.3 is 14.2 Å². The number of epoxide rings is 1. The molecule has 1 heterocycles. The van der Waals surface area contributed by atoms with E-state index in [1.165, 1.54) is 19.3 Å². The van der Waals surface area contributed by atoms with Crippen molar-refractivity contribution < 1.29 is 13.7 Å². The first-order valence-corrected chi connectivity index (χ1v) is 9.34. The molecule has 0 spiro atoms. The molecule has 1 saturated carbocycles. The second kappa shape index (κ2) is 6.59. The largest absolute Gasteiger partial charge is 0.485 e. The van der Waals surface area contributed by atoms with Crippen molar-refractivity contribution in [1.82, 2.24) is 0 Å². The quantitative estimate of drug-likeness (QED) is 0.813. The number of ether oxygens (including phenoxy) is 2. The van der Waals surface area contributed by atoms with Crippen molar-refractivity contribution in [1.29, 1.82) is 0 Å². The van der Waals surface area contributed by atoms with Gasteiger partial charge in [0.05, 0.1) is 11.9 Å². The molecular weight excluding hydrogens is 298 g/mol. The van der Waals surface area contributed by atoms with Crippen LogP contribution in [0.3, 0.4) is 0 Å². The Morgan fingerprint density at radius 2 is 1.82 bits per heavy atom. The van der Waals surface area contributed by atoms with Gasteiger partial charge in [0.15, 0.2) is 0 Å². The Hall–Kier alpha value is -1.07.